The Morgan fingerprint density at radius 3 is 2.64 bits per heavy atom. The number of nitrogens with zero attached hydrogens (tertiary/aromatic N) is 1. The lowest BCUT2D eigenvalue weighted by Crippen LogP contribution is -2.31. The molecule has 3 aromatic rings. The zero-order valence-electron chi connectivity index (χ0n) is 14.0. The molecule has 126 valence electrons. The van der Waals surface area contributed by atoms with Gasteiger partial charge in [-0.3, -0.25) is 4.79 Å². The Morgan fingerprint density at radius 1 is 1.20 bits per heavy atom. The van der Waals surface area contributed by atoms with Gasteiger partial charge in [-0.15, -0.1) is 0 Å². The van der Waals surface area contributed by atoms with E-state index in [2.05, 4.69) is 11.4 Å². The number of fused-ring (bicyclic) bond motifs is 1. The summed E-state index contributed by atoms with van der Waals surface area (Å²) in [6, 6.07) is 17.9. The maximum absolute atomic E-state index is 12.6. The summed E-state index contributed by atoms with van der Waals surface area (Å²) < 4.78 is 11.0. The van der Waals surface area contributed by atoms with Crippen LogP contribution in [0.3, 0.4) is 0 Å². The molecule has 0 unspecified atom stereocenters. The van der Waals surface area contributed by atoms with Gasteiger partial charge < -0.3 is 14.5 Å². The van der Waals surface area contributed by atoms with Crippen molar-refractivity contribution in [3.05, 3.63) is 65.9 Å². The van der Waals surface area contributed by atoms with Crippen molar-refractivity contribution in [2.75, 3.05) is 7.11 Å². The summed E-state index contributed by atoms with van der Waals surface area (Å²) in [7, 11) is 1.53. The highest BCUT2D eigenvalue weighted by molar-refractivity contribution is 5.86. The van der Waals surface area contributed by atoms with E-state index in [0.717, 1.165) is 11.0 Å². The van der Waals surface area contributed by atoms with Crippen molar-refractivity contribution in [2.45, 2.75) is 18.9 Å². The fraction of sp³-hybridized carbons (Fsp3) is 0.200. The first-order valence-electron chi connectivity index (χ1n) is 7.95. The van der Waals surface area contributed by atoms with Crippen molar-refractivity contribution in [1.82, 2.24) is 5.32 Å². The Hall–Kier alpha value is -3.26. The smallest absolute Gasteiger partial charge is 0.231 e. The quantitative estimate of drug-likeness (QED) is 0.767. The van der Waals surface area contributed by atoms with E-state index in [1.165, 1.54) is 7.11 Å². The standard InChI is InChI=1S/C20H18N2O3/c1-13(19-11-14-7-3-5-9-17(14)25-19)20(23)22-16(12-21)15-8-4-6-10-18(15)24-2/h3-11,13,16H,1-2H3,(H,22,23)/t13-,16-/m0/s1. The topological polar surface area (TPSA) is 75.3 Å². The van der Waals surface area contributed by atoms with Crippen LogP contribution in [-0.4, -0.2) is 13.0 Å². The molecule has 1 amide bonds. The minimum atomic E-state index is -0.796. The molecule has 0 saturated heterocycles. The fourth-order valence-corrected chi connectivity index (χ4v) is 2.70. The van der Waals surface area contributed by atoms with Crippen LogP contribution in [-0.2, 0) is 4.79 Å². The van der Waals surface area contributed by atoms with Crippen molar-refractivity contribution in [3.63, 3.8) is 0 Å². The van der Waals surface area contributed by atoms with E-state index in [1.54, 1.807) is 25.1 Å². The molecule has 0 aliphatic rings. The molecule has 0 radical (unpaired) electrons. The number of furan rings is 1. The SMILES string of the molecule is COc1ccccc1[C@H](C#N)NC(=O)[C@@H](C)c1cc2ccccc2o1. The highest BCUT2D eigenvalue weighted by Gasteiger charge is 2.24. The number of carbonyl (C=O) groups is 1. The minimum Gasteiger partial charge on any atom is -0.496 e. The van der Waals surface area contributed by atoms with Gasteiger partial charge in [-0.2, -0.15) is 5.26 Å². The minimum absolute atomic E-state index is 0.281. The molecular weight excluding hydrogens is 316 g/mol. The number of methoxy groups -OCH3 is 1. The summed E-state index contributed by atoms with van der Waals surface area (Å²) >= 11 is 0. The fourth-order valence-electron chi connectivity index (χ4n) is 2.70. The molecule has 3 rings (SSSR count). The average Bonchev–Trinajstić information content (AvgIpc) is 3.09. The summed E-state index contributed by atoms with van der Waals surface area (Å²) in [5.74, 6) is 0.329. The molecule has 2 aromatic carbocycles. The number of para-hydroxylation sites is 2. The van der Waals surface area contributed by atoms with Crippen LogP contribution in [0.25, 0.3) is 11.0 Å². The molecule has 0 bridgehead atoms. The molecule has 5 heteroatoms. The lowest BCUT2D eigenvalue weighted by molar-refractivity contribution is -0.122. The van der Waals surface area contributed by atoms with Crippen molar-refractivity contribution >= 4 is 16.9 Å². The van der Waals surface area contributed by atoms with E-state index >= 15 is 0 Å². The van der Waals surface area contributed by atoms with Gasteiger partial charge in [0.1, 0.15) is 23.1 Å². The van der Waals surface area contributed by atoms with Crippen LogP contribution in [0.4, 0.5) is 0 Å². The Morgan fingerprint density at radius 2 is 1.92 bits per heavy atom. The first-order chi connectivity index (χ1) is 12.1. The maximum atomic E-state index is 12.6. The number of hydrogen-bond donors (Lipinski definition) is 1. The van der Waals surface area contributed by atoms with Gasteiger partial charge in [0.25, 0.3) is 0 Å². The van der Waals surface area contributed by atoms with Crippen LogP contribution < -0.4 is 10.1 Å². The number of nitrogens with one attached hydrogen (secondary N) is 1. The molecule has 1 N–H and O–H groups in total. The molecule has 25 heavy (non-hydrogen) atoms. The van der Waals surface area contributed by atoms with Gasteiger partial charge in [-0.25, -0.2) is 0 Å². The predicted molar refractivity (Wildman–Crippen MR) is 94.1 cm³/mol. The van der Waals surface area contributed by atoms with Crippen LogP contribution in [0.2, 0.25) is 0 Å². The van der Waals surface area contributed by atoms with Crippen LogP contribution in [0.5, 0.6) is 5.75 Å². The van der Waals surface area contributed by atoms with Crippen molar-refractivity contribution in [1.29, 1.82) is 5.26 Å². The van der Waals surface area contributed by atoms with Crippen LogP contribution in [0.1, 0.15) is 30.2 Å². The summed E-state index contributed by atoms with van der Waals surface area (Å²) in [5, 5.41) is 13.2. The molecule has 1 heterocycles. The maximum Gasteiger partial charge on any atom is 0.231 e. The van der Waals surface area contributed by atoms with Gasteiger partial charge in [-0.1, -0.05) is 36.4 Å². The van der Waals surface area contributed by atoms with Gasteiger partial charge in [0.2, 0.25) is 5.91 Å². The van der Waals surface area contributed by atoms with E-state index in [0.29, 0.717) is 17.1 Å². The van der Waals surface area contributed by atoms with Gasteiger partial charge in [-0.05, 0) is 25.1 Å². The summed E-state index contributed by atoms with van der Waals surface area (Å²) in [6.45, 7) is 1.75. The summed E-state index contributed by atoms with van der Waals surface area (Å²) in [4.78, 5) is 12.6. The largest absolute Gasteiger partial charge is 0.496 e. The molecule has 0 fully saturated rings. The predicted octanol–water partition coefficient (Wildman–Crippen LogP) is 3.93. The van der Waals surface area contributed by atoms with Gasteiger partial charge >= 0.3 is 0 Å². The number of carbonyl (C=O) groups excluding carboxylic acids is 1. The second kappa shape index (κ2) is 7.10. The molecule has 5 nitrogen and oxygen atoms in total. The van der Waals surface area contributed by atoms with E-state index in [-0.39, 0.29) is 5.91 Å². The van der Waals surface area contributed by atoms with Crippen LogP contribution >= 0.6 is 0 Å². The third kappa shape index (κ3) is 3.33. The molecule has 1 aromatic heterocycles. The number of nitriles is 1. The lowest BCUT2D eigenvalue weighted by Gasteiger charge is -2.17. The Kier molecular flexibility index (Phi) is 4.71. The van der Waals surface area contributed by atoms with Gasteiger partial charge in [0.15, 0.2) is 0 Å². The Balaban J connectivity index is 1.81. The highest BCUT2D eigenvalue weighted by atomic mass is 16.5. The number of amides is 1. The second-order valence-electron chi connectivity index (χ2n) is 5.72. The molecular formula is C20H18N2O3. The first-order valence-corrected chi connectivity index (χ1v) is 7.95. The second-order valence-corrected chi connectivity index (χ2v) is 5.72. The van der Waals surface area contributed by atoms with Gasteiger partial charge in [0, 0.05) is 10.9 Å². The average molecular weight is 334 g/mol. The Bertz CT molecular complexity index is 906. The first kappa shape index (κ1) is 16.6. The summed E-state index contributed by atoms with van der Waals surface area (Å²) in [6.07, 6.45) is 0. The third-order valence-electron chi connectivity index (χ3n) is 4.13. The zero-order valence-corrected chi connectivity index (χ0v) is 14.0. The number of hydrogen-bond acceptors (Lipinski definition) is 4. The third-order valence-corrected chi connectivity index (χ3v) is 4.13. The normalized spacial score (nSPS) is 13.0. The van der Waals surface area contributed by atoms with Crippen LogP contribution in [0, 0.1) is 11.3 Å². The van der Waals surface area contributed by atoms with Crippen molar-refractivity contribution < 1.29 is 13.9 Å². The highest BCUT2D eigenvalue weighted by Crippen LogP contribution is 2.27. The molecule has 0 aliphatic heterocycles. The van der Waals surface area contributed by atoms with E-state index in [9.17, 15) is 10.1 Å². The number of benzene rings is 2. The van der Waals surface area contributed by atoms with E-state index in [4.69, 9.17) is 9.15 Å². The van der Waals surface area contributed by atoms with Crippen LogP contribution in [0.15, 0.2) is 59.0 Å². The lowest BCUT2D eigenvalue weighted by atomic mass is 10.0. The van der Waals surface area contributed by atoms with Gasteiger partial charge in [0.05, 0.1) is 19.1 Å². The van der Waals surface area contributed by atoms with Crippen molar-refractivity contribution in [3.8, 4) is 11.8 Å². The zero-order chi connectivity index (χ0) is 17.8. The van der Waals surface area contributed by atoms with E-state index < -0.39 is 12.0 Å². The van der Waals surface area contributed by atoms with Crippen molar-refractivity contribution in [2.24, 2.45) is 0 Å². The molecule has 2 atom stereocenters. The van der Waals surface area contributed by atoms with E-state index in [1.807, 2.05) is 36.4 Å². The number of rotatable bonds is 5. The molecule has 0 saturated carbocycles. The molecule has 0 spiro atoms. The Labute approximate surface area is 145 Å². The number of ether oxygens (including phenoxy) is 1. The monoisotopic (exact) mass is 334 g/mol. The summed E-state index contributed by atoms with van der Waals surface area (Å²) in [5.41, 5.74) is 1.36. The molecule has 0 aliphatic carbocycles.